The first-order valence-corrected chi connectivity index (χ1v) is 9.31. The summed E-state index contributed by atoms with van der Waals surface area (Å²) in [6, 6.07) is 7.84. The predicted molar refractivity (Wildman–Crippen MR) is 83.6 cm³/mol. The first kappa shape index (κ1) is 15.0. The zero-order valence-corrected chi connectivity index (χ0v) is 13.6. The smallest absolute Gasteiger partial charge is 0.243 e. The zero-order valence-electron chi connectivity index (χ0n) is 12.7. The lowest BCUT2D eigenvalue weighted by Gasteiger charge is -2.26. The minimum Gasteiger partial charge on any atom is -0.310 e. The second-order valence-electron chi connectivity index (χ2n) is 6.26. The molecule has 1 aromatic rings. The number of hydrogen-bond acceptors (Lipinski definition) is 3. The van der Waals surface area contributed by atoms with Crippen LogP contribution in [0.15, 0.2) is 29.2 Å². The highest BCUT2D eigenvalue weighted by molar-refractivity contribution is 7.89. The fraction of sp³-hybridized carbons (Fsp3) is 0.625. The van der Waals surface area contributed by atoms with Gasteiger partial charge in [-0.05, 0) is 56.3 Å². The molecule has 0 spiro atoms. The van der Waals surface area contributed by atoms with Crippen molar-refractivity contribution in [2.75, 3.05) is 13.1 Å². The molecular weight excluding hydrogens is 284 g/mol. The van der Waals surface area contributed by atoms with Gasteiger partial charge in [0.15, 0.2) is 0 Å². The summed E-state index contributed by atoms with van der Waals surface area (Å²) in [6.45, 7) is 5.77. The maximum absolute atomic E-state index is 12.7. The number of hydrogen-bond donors (Lipinski definition) is 1. The molecule has 1 aliphatic heterocycles. The quantitative estimate of drug-likeness (QED) is 0.909. The van der Waals surface area contributed by atoms with Gasteiger partial charge in [-0.15, -0.1) is 0 Å². The summed E-state index contributed by atoms with van der Waals surface area (Å²) in [5.74, 6) is 0.581. The van der Waals surface area contributed by atoms with Crippen LogP contribution >= 0.6 is 0 Å². The van der Waals surface area contributed by atoms with Crippen molar-refractivity contribution < 1.29 is 8.42 Å². The van der Waals surface area contributed by atoms with Gasteiger partial charge in [0, 0.05) is 18.6 Å². The molecule has 0 radical (unpaired) electrons. The molecular formula is C16H24N2O2S. The highest BCUT2D eigenvalue weighted by Crippen LogP contribution is 2.40. The topological polar surface area (TPSA) is 49.4 Å². The van der Waals surface area contributed by atoms with E-state index >= 15 is 0 Å². The average molecular weight is 308 g/mol. The first-order chi connectivity index (χ1) is 10.0. The van der Waals surface area contributed by atoms with Gasteiger partial charge in [0.25, 0.3) is 0 Å². The number of fused-ring (bicyclic) bond motifs is 2. The maximum Gasteiger partial charge on any atom is 0.243 e. The minimum atomic E-state index is -3.31. The largest absolute Gasteiger partial charge is 0.310 e. The number of nitrogens with zero attached hydrogens (tertiary/aromatic N) is 1. The molecule has 3 unspecified atom stereocenters. The molecule has 3 atom stereocenters. The van der Waals surface area contributed by atoms with Crippen molar-refractivity contribution in [2.45, 2.75) is 50.1 Å². The van der Waals surface area contributed by atoms with Gasteiger partial charge in [0.1, 0.15) is 0 Å². The van der Waals surface area contributed by atoms with E-state index in [0.29, 0.717) is 17.4 Å². The predicted octanol–water partition coefficient (Wildman–Crippen LogP) is 2.53. The molecule has 1 saturated heterocycles. The molecule has 3 rings (SSSR count). The van der Waals surface area contributed by atoms with E-state index in [-0.39, 0.29) is 12.1 Å². The molecule has 2 fully saturated rings. The van der Waals surface area contributed by atoms with E-state index in [4.69, 9.17) is 0 Å². The zero-order chi connectivity index (χ0) is 15.0. The fourth-order valence-corrected chi connectivity index (χ4v) is 5.40. The monoisotopic (exact) mass is 308 g/mol. The van der Waals surface area contributed by atoms with Gasteiger partial charge in [-0.2, -0.15) is 4.31 Å². The van der Waals surface area contributed by atoms with Crippen LogP contribution in [0.5, 0.6) is 0 Å². The minimum absolute atomic E-state index is 0.236. The molecule has 0 amide bonds. The van der Waals surface area contributed by atoms with Crippen LogP contribution in [0.25, 0.3) is 0 Å². The molecule has 1 N–H and O–H groups in total. The van der Waals surface area contributed by atoms with E-state index < -0.39 is 10.0 Å². The fourth-order valence-electron chi connectivity index (χ4n) is 3.66. The Balaban J connectivity index is 1.80. The molecule has 1 saturated carbocycles. The van der Waals surface area contributed by atoms with E-state index in [9.17, 15) is 8.42 Å². The Morgan fingerprint density at radius 2 is 2.00 bits per heavy atom. The Labute approximate surface area is 127 Å². The highest BCUT2D eigenvalue weighted by Gasteiger charge is 2.44. The van der Waals surface area contributed by atoms with E-state index in [0.717, 1.165) is 24.9 Å². The lowest BCUT2D eigenvalue weighted by atomic mass is 10.1. The average Bonchev–Trinajstić information content (AvgIpc) is 3.10. The SMILES string of the molecule is CCNC(C)c1ccc(S(=O)(=O)N2CC3CCC2C3)cc1. The van der Waals surface area contributed by atoms with Crippen molar-refractivity contribution in [2.24, 2.45) is 5.92 Å². The first-order valence-electron chi connectivity index (χ1n) is 7.87. The van der Waals surface area contributed by atoms with Crippen LogP contribution < -0.4 is 5.32 Å². The standard InChI is InChI=1S/C16H24N2O2S/c1-3-17-12(2)14-5-8-16(9-6-14)21(19,20)18-11-13-4-7-15(18)10-13/h5-6,8-9,12-13,15,17H,3-4,7,10-11H2,1-2H3. The van der Waals surface area contributed by atoms with E-state index in [1.165, 1.54) is 6.42 Å². The van der Waals surface area contributed by atoms with Crippen molar-refractivity contribution >= 4 is 10.0 Å². The summed E-state index contributed by atoms with van der Waals surface area (Å²) in [7, 11) is -3.31. The van der Waals surface area contributed by atoms with Crippen LogP contribution in [0.1, 0.15) is 44.7 Å². The summed E-state index contributed by atoms with van der Waals surface area (Å²) in [6.07, 6.45) is 3.27. The third-order valence-corrected chi connectivity index (χ3v) is 6.79. The number of sulfonamides is 1. The molecule has 4 nitrogen and oxygen atoms in total. The van der Waals surface area contributed by atoms with Crippen LogP contribution in [0.3, 0.4) is 0 Å². The summed E-state index contributed by atoms with van der Waals surface area (Å²) in [4.78, 5) is 0.433. The van der Waals surface area contributed by atoms with Gasteiger partial charge in [-0.1, -0.05) is 19.1 Å². The lowest BCUT2D eigenvalue weighted by Crippen LogP contribution is -2.37. The second-order valence-corrected chi connectivity index (χ2v) is 8.15. The summed E-state index contributed by atoms with van der Waals surface area (Å²) in [5, 5.41) is 3.34. The normalized spacial score (nSPS) is 27.1. The van der Waals surface area contributed by atoms with Crippen LogP contribution in [0, 0.1) is 5.92 Å². The van der Waals surface area contributed by atoms with E-state index in [1.807, 2.05) is 12.1 Å². The molecule has 1 aromatic carbocycles. The number of nitrogens with one attached hydrogen (secondary N) is 1. The molecule has 2 aliphatic rings. The van der Waals surface area contributed by atoms with Crippen molar-refractivity contribution in [3.05, 3.63) is 29.8 Å². The van der Waals surface area contributed by atoms with Gasteiger partial charge in [-0.3, -0.25) is 0 Å². The summed E-state index contributed by atoms with van der Waals surface area (Å²) in [5.41, 5.74) is 1.12. The van der Waals surface area contributed by atoms with Crippen molar-refractivity contribution in [1.82, 2.24) is 9.62 Å². The molecule has 1 aliphatic carbocycles. The number of rotatable bonds is 5. The van der Waals surface area contributed by atoms with Crippen LogP contribution in [0.2, 0.25) is 0 Å². The molecule has 21 heavy (non-hydrogen) atoms. The van der Waals surface area contributed by atoms with Crippen LogP contribution in [-0.2, 0) is 10.0 Å². The van der Waals surface area contributed by atoms with Gasteiger partial charge in [0.05, 0.1) is 4.90 Å². The van der Waals surface area contributed by atoms with Crippen molar-refractivity contribution in [3.8, 4) is 0 Å². The Hall–Kier alpha value is -0.910. The van der Waals surface area contributed by atoms with Gasteiger partial charge in [-0.25, -0.2) is 8.42 Å². The highest BCUT2D eigenvalue weighted by atomic mass is 32.2. The third kappa shape index (κ3) is 2.74. The summed E-state index contributed by atoms with van der Waals surface area (Å²) < 4.78 is 27.2. The van der Waals surface area contributed by atoms with Crippen LogP contribution in [-0.4, -0.2) is 31.9 Å². The van der Waals surface area contributed by atoms with Crippen LogP contribution in [0.4, 0.5) is 0 Å². The lowest BCUT2D eigenvalue weighted by molar-refractivity contribution is 0.333. The second kappa shape index (κ2) is 5.71. The Morgan fingerprint density at radius 1 is 1.29 bits per heavy atom. The molecule has 5 heteroatoms. The van der Waals surface area contributed by atoms with Crippen molar-refractivity contribution in [1.29, 1.82) is 0 Å². The third-order valence-electron chi connectivity index (χ3n) is 4.86. The Bertz CT molecular complexity index is 597. The molecule has 1 heterocycles. The Morgan fingerprint density at radius 3 is 2.52 bits per heavy atom. The van der Waals surface area contributed by atoms with E-state index in [1.54, 1.807) is 16.4 Å². The maximum atomic E-state index is 12.7. The molecule has 0 aromatic heterocycles. The van der Waals surface area contributed by atoms with Crippen molar-refractivity contribution in [3.63, 3.8) is 0 Å². The molecule has 2 bridgehead atoms. The van der Waals surface area contributed by atoms with Gasteiger partial charge < -0.3 is 5.32 Å². The Kier molecular flexibility index (Phi) is 4.08. The number of piperidine rings is 1. The molecule has 116 valence electrons. The van der Waals surface area contributed by atoms with E-state index in [2.05, 4.69) is 19.2 Å². The van der Waals surface area contributed by atoms with Gasteiger partial charge in [0.2, 0.25) is 10.0 Å². The summed E-state index contributed by atoms with van der Waals surface area (Å²) >= 11 is 0. The van der Waals surface area contributed by atoms with Gasteiger partial charge >= 0.3 is 0 Å². The number of benzene rings is 1.